The molecule has 0 unspecified atom stereocenters. The summed E-state index contributed by atoms with van der Waals surface area (Å²) in [6, 6.07) is 15.0. The normalized spacial score (nSPS) is 20.1. The molecule has 1 atom stereocenters. The van der Waals surface area contributed by atoms with Gasteiger partial charge >= 0.3 is 0 Å². The topological polar surface area (TPSA) is 45.2 Å². The molecule has 2 heterocycles. The molecule has 0 spiro atoms. The maximum atomic E-state index is 9.58. The van der Waals surface area contributed by atoms with E-state index in [9.17, 15) is 5.11 Å². The fourth-order valence-corrected chi connectivity index (χ4v) is 4.09. The van der Waals surface area contributed by atoms with Gasteiger partial charge < -0.3 is 14.6 Å². The van der Waals surface area contributed by atoms with Gasteiger partial charge in [-0.3, -0.25) is 9.80 Å². The minimum absolute atomic E-state index is 0.223. The van der Waals surface area contributed by atoms with E-state index in [1.807, 2.05) is 12.1 Å². The SMILES string of the molecule is Cc1ccccc1CN1CCN(Cc2cccc3c2OCO3)C[C@@H]1CCO. The monoisotopic (exact) mass is 368 g/mol. The Bertz CT molecular complexity index is 780. The molecule has 144 valence electrons. The first-order valence-corrected chi connectivity index (χ1v) is 9.74. The maximum absolute atomic E-state index is 9.58. The van der Waals surface area contributed by atoms with Gasteiger partial charge in [-0.25, -0.2) is 0 Å². The molecule has 2 aromatic rings. The van der Waals surface area contributed by atoms with Gasteiger partial charge in [-0.2, -0.15) is 0 Å². The van der Waals surface area contributed by atoms with Crippen molar-refractivity contribution < 1.29 is 14.6 Å². The van der Waals surface area contributed by atoms with Crippen LogP contribution in [0.15, 0.2) is 42.5 Å². The van der Waals surface area contributed by atoms with E-state index < -0.39 is 0 Å². The number of hydrogen-bond donors (Lipinski definition) is 1. The van der Waals surface area contributed by atoms with Crippen LogP contribution >= 0.6 is 0 Å². The summed E-state index contributed by atoms with van der Waals surface area (Å²) in [7, 11) is 0. The van der Waals surface area contributed by atoms with Crippen molar-refractivity contribution in [2.75, 3.05) is 33.0 Å². The lowest BCUT2D eigenvalue weighted by molar-refractivity contribution is 0.0494. The van der Waals surface area contributed by atoms with Crippen LogP contribution in [0.2, 0.25) is 0 Å². The number of piperazine rings is 1. The van der Waals surface area contributed by atoms with Gasteiger partial charge in [-0.15, -0.1) is 0 Å². The number of hydrogen-bond acceptors (Lipinski definition) is 5. The van der Waals surface area contributed by atoms with Gasteiger partial charge in [0.05, 0.1) is 0 Å². The van der Waals surface area contributed by atoms with Crippen molar-refractivity contribution in [1.82, 2.24) is 9.80 Å². The van der Waals surface area contributed by atoms with E-state index in [-0.39, 0.29) is 6.61 Å². The highest BCUT2D eigenvalue weighted by atomic mass is 16.7. The Morgan fingerprint density at radius 2 is 1.85 bits per heavy atom. The van der Waals surface area contributed by atoms with Crippen LogP contribution < -0.4 is 9.47 Å². The van der Waals surface area contributed by atoms with E-state index in [4.69, 9.17) is 9.47 Å². The first kappa shape index (κ1) is 18.3. The third-order valence-electron chi connectivity index (χ3n) is 5.66. The van der Waals surface area contributed by atoms with E-state index in [0.717, 1.165) is 50.6 Å². The molecule has 0 saturated carbocycles. The van der Waals surface area contributed by atoms with Crippen molar-refractivity contribution in [3.05, 3.63) is 59.2 Å². The van der Waals surface area contributed by atoms with Gasteiger partial charge in [0, 0.05) is 50.9 Å². The number of fused-ring (bicyclic) bond motifs is 1. The van der Waals surface area contributed by atoms with Crippen molar-refractivity contribution in [3.8, 4) is 11.5 Å². The third kappa shape index (κ3) is 4.10. The summed E-state index contributed by atoms with van der Waals surface area (Å²) < 4.78 is 11.2. The van der Waals surface area contributed by atoms with Crippen LogP contribution in [-0.2, 0) is 13.1 Å². The highest BCUT2D eigenvalue weighted by Crippen LogP contribution is 2.36. The Balaban J connectivity index is 1.43. The summed E-state index contributed by atoms with van der Waals surface area (Å²) in [5.41, 5.74) is 3.89. The third-order valence-corrected chi connectivity index (χ3v) is 5.66. The van der Waals surface area contributed by atoms with E-state index in [1.54, 1.807) is 0 Å². The molecule has 27 heavy (non-hydrogen) atoms. The van der Waals surface area contributed by atoms with E-state index in [1.165, 1.54) is 16.7 Å². The lowest BCUT2D eigenvalue weighted by Crippen LogP contribution is -2.52. The van der Waals surface area contributed by atoms with Crippen LogP contribution in [0.1, 0.15) is 23.1 Å². The Morgan fingerprint density at radius 3 is 2.70 bits per heavy atom. The predicted molar refractivity (Wildman–Crippen MR) is 105 cm³/mol. The lowest BCUT2D eigenvalue weighted by atomic mass is 10.0. The molecule has 1 fully saturated rings. The van der Waals surface area contributed by atoms with Crippen LogP contribution in [0.3, 0.4) is 0 Å². The summed E-state index contributed by atoms with van der Waals surface area (Å²) in [6.07, 6.45) is 0.800. The van der Waals surface area contributed by atoms with Crippen molar-refractivity contribution >= 4 is 0 Å². The largest absolute Gasteiger partial charge is 0.454 e. The molecule has 0 bridgehead atoms. The second kappa shape index (κ2) is 8.30. The molecule has 5 nitrogen and oxygen atoms in total. The standard InChI is InChI=1S/C22H28N2O3/c1-17-5-2-3-6-18(17)14-24-11-10-23(15-20(24)9-12-25)13-19-7-4-8-21-22(19)27-16-26-21/h2-8,20,25H,9-16H2,1H3/t20-/m0/s1. The quantitative estimate of drug-likeness (QED) is 0.850. The van der Waals surface area contributed by atoms with E-state index in [0.29, 0.717) is 12.8 Å². The number of nitrogens with zero attached hydrogens (tertiary/aromatic N) is 2. The molecule has 2 aliphatic rings. The average Bonchev–Trinajstić information content (AvgIpc) is 3.16. The molecule has 0 aromatic heterocycles. The number of ether oxygens (including phenoxy) is 2. The summed E-state index contributed by atoms with van der Waals surface area (Å²) in [5, 5.41) is 9.58. The van der Waals surface area contributed by atoms with Gasteiger partial charge in [0.25, 0.3) is 0 Å². The van der Waals surface area contributed by atoms with Crippen LogP contribution in [0.5, 0.6) is 11.5 Å². The van der Waals surface area contributed by atoms with Gasteiger partial charge in [-0.1, -0.05) is 36.4 Å². The van der Waals surface area contributed by atoms with E-state index in [2.05, 4.69) is 47.1 Å². The van der Waals surface area contributed by atoms with Crippen molar-refractivity contribution in [3.63, 3.8) is 0 Å². The zero-order valence-electron chi connectivity index (χ0n) is 15.9. The second-order valence-corrected chi connectivity index (χ2v) is 7.45. The zero-order chi connectivity index (χ0) is 18.6. The predicted octanol–water partition coefficient (Wildman–Crippen LogP) is 2.79. The summed E-state index contributed by atoms with van der Waals surface area (Å²) in [5.74, 6) is 1.73. The minimum atomic E-state index is 0.223. The fraction of sp³-hybridized carbons (Fsp3) is 0.455. The first-order chi connectivity index (χ1) is 13.2. The molecule has 0 amide bonds. The highest BCUT2D eigenvalue weighted by Gasteiger charge is 2.28. The van der Waals surface area contributed by atoms with Crippen LogP contribution in [0.4, 0.5) is 0 Å². The number of aliphatic hydroxyl groups excluding tert-OH is 1. The Kier molecular flexibility index (Phi) is 5.62. The van der Waals surface area contributed by atoms with Gasteiger partial charge in [-0.05, 0) is 30.5 Å². The number of benzene rings is 2. The van der Waals surface area contributed by atoms with Gasteiger partial charge in [0.2, 0.25) is 6.79 Å². The number of rotatable bonds is 6. The van der Waals surface area contributed by atoms with Crippen LogP contribution in [-0.4, -0.2) is 54.0 Å². The van der Waals surface area contributed by atoms with Gasteiger partial charge in [0.1, 0.15) is 0 Å². The Labute approximate surface area is 161 Å². The Hall–Kier alpha value is -2.08. The summed E-state index contributed by atoms with van der Waals surface area (Å²) in [4.78, 5) is 4.98. The maximum Gasteiger partial charge on any atom is 0.231 e. The zero-order valence-corrected chi connectivity index (χ0v) is 15.9. The molecule has 5 heteroatoms. The lowest BCUT2D eigenvalue weighted by Gasteiger charge is -2.41. The van der Waals surface area contributed by atoms with Crippen molar-refractivity contribution in [1.29, 1.82) is 0 Å². The molecule has 0 aliphatic carbocycles. The minimum Gasteiger partial charge on any atom is -0.454 e. The molecule has 4 rings (SSSR count). The molecule has 2 aliphatic heterocycles. The average molecular weight is 368 g/mol. The second-order valence-electron chi connectivity index (χ2n) is 7.45. The molecule has 1 saturated heterocycles. The molecule has 0 radical (unpaired) electrons. The summed E-state index contributed by atoms with van der Waals surface area (Å²) >= 11 is 0. The molecular formula is C22H28N2O3. The van der Waals surface area contributed by atoms with Crippen molar-refractivity contribution in [2.45, 2.75) is 32.5 Å². The fourth-order valence-electron chi connectivity index (χ4n) is 4.09. The van der Waals surface area contributed by atoms with Crippen molar-refractivity contribution in [2.24, 2.45) is 0 Å². The number of aryl methyl sites for hydroxylation is 1. The first-order valence-electron chi connectivity index (χ1n) is 9.74. The Morgan fingerprint density at radius 1 is 1.00 bits per heavy atom. The number of para-hydroxylation sites is 1. The smallest absolute Gasteiger partial charge is 0.231 e. The molecule has 2 aromatic carbocycles. The van der Waals surface area contributed by atoms with Crippen LogP contribution in [0.25, 0.3) is 0 Å². The van der Waals surface area contributed by atoms with Gasteiger partial charge in [0.15, 0.2) is 11.5 Å². The summed E-state index contributed by atoms with van der Waals surface area (Å²) in [6.45, 7) is 7.48. The van der Waals surface area contributed by atoms with E-state index >= 15 is 0 Å². The molecule has 1 N–H and O–H groups in total. The molecular weight excluding hydrogens is 340 g/mol. The van der Waals surface area contributed by atoms with Crippen LogP contribution in [0, 0.1) is 6.92 Å². The highest BCUT2D eigenvalue weighted by molar-refractivity contribution is 5.48. The number of aliphatic hydroxyl groups is 1.